The van der Waals surface area contributed by atoms with Gasteiger partial charge in [0, 0.05) is 0 Å². The molecule has 1 heteroatoms. The summed E-state index contributed by atoms with van der Waals surface area (Å²) in [7, 11) is 0. The SMILES string of the molecule is CC(C)=CCC[C@H](C)[C@H]1CC[C@H]2C3=C(CC[C@]12C)[C@@]1(C)CC[C@H](O)C(C)(C)[C@@H]1CC3. The Labute approximate surface area is 186 Å². The van der Waals surface area contributed by atoms with Crippen LogP contribution < -0.4 is 0 Å². The predicted molar refractivity (Wildman–Crippen MR) is 128 cm³/mol. The summed E-state index contributed by atoms with van der Waals surface area (Å²) in [6, 6.07) is 0. The van der Waals surface area contributed by atoms with Gasteiger partial charge in [-0.15, -0.1) is 0 Å². The highest BCUT2D eigenvalue weighted by Crippen LogP contribution is 2.68. The molecule has 0 radical (unpaired) electrons. The van der Waals surface area contributed by atoms with E-state index in [-0.39, 0.29) is 11.5 Å². The summed E-state index contributed by atoms with van der Waals surface area (Å²) in [5, 5.41) is 10.8. The minimum absolute atomic E-state index is 0.0595. The largest absolute Gasteiger partial charge is 0.393 e. The fourth-order valence-electron chi connectivity index (χ4n) is 9.10. The average molecular weight is 413 g/mol. The number of fused-ring (bicyclic) bond motifs is 4. The summed E-state index contributed by atoms with van der Waals surface area (Å²) in [5.41, 5.74) is 6.15. The number of aliphatic hydroxyl groups is 1. The summed E-state index contributed by atoms with van der Waals surface area (Å²) in [6.45, 7) is 16.9. The van der Waals surface area contributed by atoms with Gasteiger partial charge in [-0.05, 0) is 118 Å². The number of hydrogen-bond acceptors (Lipinski definition) is 1. The first-order chi connectivity index (χ1) is 14.0. The lowest BCUT2D eigenvalue weighted by atomic mass is 9.46. The highest BCUT2D eigenvalue weighted by Gasteiger charge is 2.59. The summed E-state index contributed by atoms with van der Waals surface area (Å²) in [4.78, 5) is 0. The Morgan fingerprint density at radius 1 is 1.03 bits per heavy atom. The third kappa shape index (κ3) is 3.37. The normalized spacial score (nSPS) is 43.5. The molecule has 0 amide bonds. The standard InChI is InChI=1S/C29H48O/c1-19(2)9-8-10-20(3)22-12-13-23-21-11-14-25-27(4,5)26(30)16-18-29(25,7)24(21)15-17-28(22,23)6/h9,20,22-23,25-26,30H,8,10-18H2,1-7H3/t20-,22+,23-,25-,26-,28+,29+/m0/s1. The molecular weight excluding hydrogens is 364 g/mol. The van der Waals surface area contributed by atoms with Gasteiger partial charge in [-0.3, -0.25) is 0 Å². The number of allylic oxidation sites excluding steroid dienone is 4. The predicted octanol–water partition coefficient (Wildman–Crippen LogP) is 8.09. The molecule has 30 heavy (non-hydrogen) atoms. The summed E-state index contributed by atoms with van der Waals surface area (Å²) in [5.74, 6) is 3.23. The molecule has 4 rings (SSSR count). The van der Waals surface area contributed by atoms with Crippen LogP contribution in [0.25, 0.3) is 0 Å². The Morgan fingerprint density at radius 2 is 1.77 bits per heavy atom. The van der Waals surface area contributed by atoms with Gasteiger partial charge in [0.15, 0.2) is 0 Å². The van der Waals surface area contributed by atoms with Crippen LogP contribution in [0.4, 0.5) is 0 Å². The van der Waals surface area contributed by atoms with Crippen LogP contribution in [0.2, 0.25) is 0 Å². The summed E-state index contributed by atoms with van der Waals surface area (Å²) in [6.07, 6.45) is 15.3. The number of hydrogen-bond donors (Lipinski definition) is 1. The minimum Gasteiger partial charge on any atom is -0.393 e. The molecule has 0 aromatic heterocycles. The molecule has 4 aliphatic carbocycles. The molecule has 1 N–H and O–H groups in total. The molecule has 1 nitrogen and oxygen atoms in total. The molecule has 2 saturated carbocycles. The maximum Gasteiger partial charge on any atom is 0.0594 e. The van der Waals surface area contributed by atoms with Crippen molar-refractivity contribution in [1.82, 2.24) is 0 Å². The molecule has 0 aliphatic heterocycles. The van der Waals surface area contributed by atoms with Crippen molar-refractivity contribution in [3.05, 3.63) is 22.8 Å². The van der Waals surface area contributed by atoms with E-state index < -0.39 is 0 Å². The molecule has 4 aliphatic rings. The molecule has 0 saturated heterocycles. The van der Waals surface area contributed by atoms with Gasteiger partial charge in [-0.25, -0.2) is 0 Å². The summed E-state index contributed by atoms with van der Waals surface area (Å²) >= 11 is 0. The van der Waals surface area contributed by atoms with Crippen LogP contribution in [0.15, 0.2) is 22.8 Å². The molecule has 0 spiro atoms. The van der Waals surface area contributed by atoms with E-state index in [1.54, 1.807) is 0 Å². The molecule has 0 bridgehead atoms. The van der Waals surface area contributed by atoms with Crippen molar-refractivity contribution >= 4 is 0 Å². The second-order valence-corrected chi connectivity index (χ2v) is 13.0. The van der Waals surface area contributed by atoms with E-state index >= 15 is 0 Å². The topological polar surface area (TPSA) is 20.2 Å². The van der Waals surface area contributed by atoms with Gasteiger partial charge in [0.1, 0.15) is 0 Å². The second kappa shape index (κ2) is 7.79. The van der Waals surface area contributed by atoms with E-state index in [1.165, 1.54) is 63.4 Å². The average Bonchev–Trinajstić information content (AvgIpc) is 3.02. The Morgan fingerprint density at radius 3 is 2.47 bits per heavy atom. The number of aliphatic hydroxyl groups excluding tert-OH is 1. The van der Waals surface area contributed by atoms with E-state index in [2.05, 4.69) is 54.5 Å². The zero-order chi connectivity index (χ0) is 21.9. The van der Waals surface area contributed by atoms with Crippen LogP contribution in [-0.4, -0.2) is 11.2 Å². The minimum atomic E-state index is -0.121. The molecule has 170 valence electrons. The Hall–Kier alpha value is -0.560. The van der Waals surface area contributed by atoms with Crippen molar-refractivity contribution in [3.63, 3.8) is 0 Å². The van der Waals surface area contributed by atoms with Gasteiger partial charge < -0.3 is 5.11 Å². The number of rotatable bonds is 4. The van der Waals surface area contributed by atoms with E-state index in [0.717, 1.165) is 24.2 Å². The Kier molecular flexibility index (Phi) is 5.87. The van der Waals surface area contributed by atoms with Crippen LogP contribution in [-0.2, 0) is 0 Å². The molecule has 0 aromatic rings. The third-order valence-electron chi connectivity index (χ3n) is 10.8. The first-order valence-electron chi connectivity index (χ1n) is 13.1. The quantitative estimate of drug-likeness (QED) is 0.462. The highest BCUT2D eigenvalue weighted by molar-refractivity contribution is 5.35. The van der Waals surface area contributed by atoms with Gasteiger partial charge in [0.05, 0.1) is 6.10 Å². The lowest BCUT2D eigenvalue weighted by Gasteiger charge is -2.60. The van der Waals surface area contributed by atoms with Crippen molar-refractivity contribution in [2.45, 2.75) is 119 Å². The van der Waals surface area contributed by atoms with Crippen molar-refractivity contribution in [3.8, 4) is 0 Å². The Balaban J connectivity index is 1.59. The first kappa shape index (κ1) is 22.6. The second-order valence-electron chi connectivity index (χ2n) is 13.0. The third-order valence-corrected chi connectivity index (χ3v) is 10.8. The molecule has 0 unspecified atom stereocenters. The monoisotopic (exact) mass is 412 g/mol. The van der Waals surface area contributed by atoms with Gasteiger partial charge >= 0.3 is 0 Å². The summed E-state index contributed by atoms with van der Waals surface area (Å²) < 4.78 is 0. The molecule has 7 atom stereocenters. The van der Waals surface area contributed by atoms with Crippen molar-refractivity contribution in [2.24, 2.45) is 39.9 Å². The lowest BCUT2D eigenvalue weighted by Crippen LogP contribution is -2.53. The van der Waals surface area contributed by atoms with Crippen molar-refractivity contribution in [2.75, 3.05) is 0 Å². The molecule has 2 fully saturated rings. The highest BCUT2D eigenvalue weighted by atomic mass is 16.3. The van der Waals surface area contributed by atoms with Crippen molar-refractivity contribution in [1.29, 1.82) is 0 Å². The van der Waals surface area contributed by atoms with Crippen molar-refractivity contribution < 1.29 is 5.11 Å². The van der Waals surface area contributed by atoms with Crippen LogP contribution in [0.3, 0.4) is 0 Å². The van der Waals surface area contributed by atoms with Crippen LogP contribution in [0.1, 0.15) is 113 Å². The molecular formula is C29H48O. The van der Waals surface area contributed by atoms with E-state index in [9.17, 15) is 5.11 Å². The van der Waals surface area contributed by atoms with Crippen LogP contribution in [0.5, 0.6) is 0 Å². The smallest absolute Gasteiger partial charge is 0.0594 e. The van der Waals surface area contributed by atoms with E-state index in [4.69, 9.17) is 0 Å². The molecule has 0 aromatic carbocycles. The van der Waals surface area contributed by atoms with Gasteiger partial charge in [0.25, 0.3) is 0 Å². The van der Waals surface area contributed by atoms with E-state index in [1.807, 2.05) is 11.1 Å². The fourth-order valence-corrected chi connectivity index (χ4v) is 9.10. The maximum atomic E-state index is 10.8. The zero-order valence-corrected chi connectivity index (χ0v) is 21.0. The van der Waals surface area contributed by atoms with Gasteiger partial charge in [-0.1, -0.05) is 57.4 Å². The van der Waals surface area contributed by atoms with Crippen LogP contribution >= 0.6 is 0 Å². The van der Waals surface area contributed by atoms with E-state index in [0.29, 0.717) is 16.7 Å². The zero-order valence-electron chi connectivity index (χ0n) is 21.0. The first-order valence-corrected chi connectivity index (χ1v) is 13.1. The fraction of sp³-hybridized carbons (Fsp3) is 0.862. The molecule has 0 heterocycles. The lowest BCUT2D eigenvalue weighted by molar-refractivity contribution is -0.0931. The van der Waals surface area contributed by atoms with Gasteiger partial charge in [-0.2, -0.15) is 0 Å². The Bertz CT molecular complexity index is 723. The van der Waals surface area contributed by atoms with Crippen LogP contribution in [0, 0.1) is 39.9 Å². The van der Waals surface area contributed by atoms with Gasteiger partial charge in [0.2, 0.25) is 0 Å². The maximum absolute atomic E-state index is 10.8.